The molecule has 7 nitrogen and oxygen atoms in total. The molecule has 208 valence electrons. The van der Waals surface area contributed by atoms with E-state index < -0.39 is 17.4 Å². The van der Waals surface area contributed by atoms with Crippen molar-refractivity contribution >= 4 is 11.9 Å². The molecule has 2 aliphatic rings. The summed E-state index contributed by atoms with van der Waals surface area (Å²) in [4.78, 5) is 24.9. The topological polar surface area (TPSA) is 102 Å². The van der Waals surface area contributed by atoms with Crippen LogP contribution in [0, 0.1) is 20.8 Å². The van der Waals surface area contributed by atoms with Crippen LogP contribution in [0.2, 0.25) is 0 Å². The van der Waals surface area contributed by atoms with Gasteiger partial charge >= 0.3 is 11.9 Å². The summed E-state index contributed by atoms with van der Waals surface area (Å²) in [5.41, 5.74) is 7.04. The molecule has 0 radical (unpaired) electrons. The van der Waals surface area contributed by atoms with Crippen molar-refractivity contribution in [1.29, 1.82) is 0 Å². The molecule has 3 aromatic rings. The summed E-state index contributed by atoms with van der Waals surface area (Å²) >= 11 is 0. The number of rotatable bonds is 9. The Hall–Kier alpha value is -4.13. The van der Waals surface area contributed by atoms with Crippen molar-refractivity contribution in [3.05, 3.63) is 98.9 Å². The molecule has 0 bridgehead atoms. The summed E-state index contributed by atoms with van der Waals surface area (Å²) < 4.78 is 8.35. The van der Waals surface area contributed by atoms with E-state index in [1.165, 1.54) is 5.56 Å². The standard InChI is InChI=1S/C33H36N2O5/c1-6-25-21(4)34-35(22(25)5)24-12-13-30(20(3)16-24)40-18-28-26(23-10-11-23)8-7-9-29(28)33(32(38)39)15-14-19(2)27(17-33)31(36)37/h7-9,12-16,23H,6,10-11,17-18H2,1-5H3,(H,36,37)(H,38,39). The minimum atomic E-state index is -1.48. The number of ether oxygens (including phenoxy) is 1. The monoisotopic (exact) mass is 540 g/mol. The average molecular weight is 541 g/mol. The molecule has 1 unspecified atom stereocenters. The second-order valence-electron chi connectivity index (χ2n) is 11.1. The normalized spacial score (nSPS) is 18.7. The van der Waals surface area contributed by atoms with Gasteiger partial charge in [-0.2, -0.15) is 5.10 Å². The molecule has 2 aromatic carbocycles. The van der Waals surface area contributed by atoms with E-state index in [9.17, 15) is 19.8 Å². The van der Waals surface area contributed by atoms with Crippen molar-refractivity contribution in [3.8, 4) is 11.4 Å². The number of aryl methyl sites for hydroxylation is 2. The fraction of sp³-hybridized carbons (Fsp3) is 0.364. The van der Waals surface area contributed by atoms with Crippen LogP contribution in [0.25, 0.3) is 5.69 Å². The maximum atomic E-state index is 12.9. The molecule has 0 saturated heterocycles. The molecular weight excluding hydrogens is 504 g/mol. The predicted octanol–water partition coefficient (Wildman–Crippen LogP) is 6.50. The number of carboxylic acid groups (broad SMARTS) is 2. The van der Waals surface area contributed by atoms with Gasteiger partial charge in [-0.3, -0.25) is 4.79 Å². The maximum Gasteiger partial charge on any atom is 0.331 e. The maximum absolute atomic E-state index is 12.9. The van der Waals surface area contributed by atoms with Crippen molar-refractivity contribution in [2.24, 2.45) is 0 Å². The third-order valence-electron chi connectivity index (χ3n) is 8.47. The summed E-state index contributed by atoms with van der Waals surface area (Å²) in [5, 5.41) is 25.1. The van der Waals surface area contributed by atoms with Gasteiger partial charge in [0.1, 0.15) is 17.8 Å². The Balaban J connectivity index is 1.50. The van der Waals surface area contributed by atoms with Gasteiger partial charge in [0, 0.05) is 17.7 Å². The van der Waals surface area contributed by atoms with Crippen LogP contribution in [0.15, 0.2) is 59.7 Å². The van der Waals surface area contributed by atoms with Gasteiger partial charge in [-0.05, 0) is 104 Å². The van der Waals surface area contributed by atoms with E-state index in [-0.39, 0.29) is 18.6 Å². The lowest BCUT2D eigenvalue weighted by Gasteiger charge is -2.33. The zero-order valence-corrected chi connectivity index (χ0v) is 23.7. The Morgan fingerprint density at radius 1 is 1.07 bits per heavy atom. The van der Waals surface area contributed by atoms with Gasteiger partial charge in [0.05, 0.1) is 11.4 Å². The molecule has 1 heterocycles. The Morgan fingerprint density at radius 2 is 1.82 bits per heavy atom. The van der Waals surface area contributed by atoms with Gasteiger partial charge in [-0.1, -0.05) is 37.3 Å². The molecule has 1 atom stereocenters. The molecule has 1 fully saturated rings. The van der Waals surface area contributed by atoms with Gasteiger partial charge in [-0.25, -0.2) is 9.48 Å². The first-order valence-corrected chi connectivity index (χ1v) is 13.8. The first kappa shape index (κ1) is 27.4. The highest BCUT2D eigenvalue weighted by Gasteiger charge is 2.44. The molecule has 2 aliphatic carbocycles. The molecule has 40 heavy (non-hydrogen) atoms. The quantitative estimate of drug-likeness (QED) is 0.321. The van der Waals surface area contributed by atoms with Crippen LogP contribution in [-0.2, 0) is 28.0 Å². The fourth-order valence-electron chi connectivity index (χ4n) is 6.01. The molecular formula is C33H36N2O5. The molecule has 0 amide bonds. The van der Waals surface area contributed by atoms with Crippen molar-refractivity contribution in [2.45, 2.75) is 78.2 Å². The fourth-order valence-corrected chi connectivity index (χ4v) is 6.01. The van der Waals surface area contributed by atoms with Gasteiger partial charge in [0.15, 0.2) is 0 Å². The van der Waals surface area contributed by atoms with Crippen LogP contribution < -0.4 is 4.74 Å². The van der Waals surface area contributed by atoms with Crippen LogP contribution in [0.5, 0.6) is 5.75 Å². The second-order valence-corrected chi connectivity index (χ2v) is 11.1. The van der Waals surface area contributed by atoms with Crippen LogP contribution >= 0.6 is 0 Å². The smallest absolute Gasteiger partial charge is 0.331 e. The van der Waals surface area contributed by atoms with Gasteiger partial charge in [0.25, 0.3) is 0 Å². The zero-order chi connectivity index (χ0) is 28.8. The first-order valence-electron chi connectivity index (χ1n) is 13.8. The van der Waals surface area contributed by atoms with Crippen molar-refractivity contribution < 1.29 is 24.5 Å². The number of nitrogens with zero attached hydrogens (tertiary/aromatic N) is 2. The molecule has 1 saturated carbocycles. The van der Waals surface area contributed by atoms with E-state index >= 15 is 0 Å². The zero-order valence-electron chi connectivity index (χ0n) is 23.7. The number of aromatic nitrogens is 2. The Bertz CT molecular complexity index is 1570. The molecule has 5 rings (SSSR count). The average Bonchev–Trinajstić information content (AvgIpc) is 3.72. The SMILES string of the molecule is CCc1c(C)nn(-c2ccc(OCc3c(C4CC4)cccc3C3(C(=O)O)C=CC(C)=C(C(=O)O)C3)c(C)c2)c1C. The number of allylic oxidation sites excluding steroid dienone is 2. The van der Waals surface area contributed by atoms with Crippen LogP contribution in [-0.4, -0.2) is 31.9 Å². The van der Waals surface area contributed by atoms with E-state index in [4.69, 9.17) is 9.84 Å². The van der Waals surface area contributed by atoms with E-state index in [0.717, 1.165) is 53.0 Å². The van der Waals surface area contributed by atoms with Crippen LogP contribution in [0.1, 0.15) is 78.2 Å². The first-order chi connectivity index (χ1) is 19.1. The molecule has 7 heteroatoms. The predicted molar refractivity (Wildman–Crippen MR) is 153 cm³/mol. The molecule has 1 aromatic heterocycles. The van der Waals surface area contributed by atoms with Crippen LogP contribution in [0.4, 0.5) is 0 Å². The number of benzene rings is 2. The minimum absolute atomic E-state index is 0.114. The lowest BCUT2D eigenvalue weighted by atomic mass is 9.69. The van der Waals surface area contributed by atoms with Gasteiger partial charge < -0.3 is 14.9 Å². The summed E-state index contributed by atoms with van der Waals surface area (Å²) in [6.07, 6.45) is 6.17. The largest absolute Gasteiger partial charge is 0.489 e. The number of hydrogen-bond donors (Lipinski definition) is 2. The lowest BCUT2D eigenvalue weighted by molar-refractivity contribution is -0.142. The molecule has 0 aliphatic heterocycles. The third-order valence-corrected chi connectivity index (χ3v) is 8.47. The van der Waals surface area contributed by atoms with E-state index in [1.807, 2.05) is 48.9 Å². The molecule has 2 N–H and O–H groups in total. The van der Waals surface area contributed by atoms with Crippen molar-refractivity contribution in [2.75, 3.05) is 0 Å². The van der Waals surface area contributed by atoms with E-state index in [1.54, 1.807) is 19.1 Å². The molecule has 0 spiro atoms. The number of aliphatic carboxylic acids is 2. The highest BCUT2D eigenvalue weighted by Crippen LogP contribution is 2.47. The van der Waals surface area contributed by atoms with E-state index in [0.29, 0.717) is 22.8 Å². The Morgan fingerprint density at radius 3 is 2.42 bits per heavy atom. The van der Waals surface area contributed by atoms with Gasteiger partial charge in [0.2, 0.25) is 0 Å². The summed E-state index contributed by atoms with van der Waals surface area (Å²) in [7, 11) is 0. The lowest BCUT2D eigenvalue weighted by Crippen LogP contribution is -2.38. The Kier molecular flexibility index (Phi) is 7.17. The van der Waals surface area contributed by atoms with Crippen LogP contribution in [0.3, 0.4) is 0 Å². The summed E-state index contributed by atoms with van der Waals surface area (Å²) in [5.74, 6) is -1.09. The number of carboxylic acids is 2. The highest BCUT2D eigenvalue weighted by atomic mass is 16.5. The van der Waals surface area contributed by atoms with Crippen molar-refractivity contribution in [1.82, 2.24) is 9.78 Å². The third kappa shape index (κ3) is 4.74. The number of carbonyl (C=O) groups is 2. The summed E-state index contributed by atoms with van der Waals surface area (Å²) in [6, 6.07) is 11.7. The number of hydrogen-bond acceptors (Lipinski definition) is 4. The minimum Gasteiger partial charge on any atom is -0.489 e. The van der Waals surface area contributed by atoms with E-state index in [2.05, 4.69) is 19.9 Å². The second kappa shape index (κ2) is 10.5. The highest BCUT2D eigenvalue weighted by molar-refractivity contribution is 5.94. The van der Waals surface area contributed by atoms with Gasteiger partial charge in [-0.15, -0.1) is 0 Å². The summed E-state index contributed by atoms with van der Waals surface area (Å²) in [6.45, 7) is 10.1. The Labute approximate surface area is 234 Å². The van der Waals surface area contributed by atoms with Crippen molar-refractivity contribution in [3.63, 3.8) is 0 Å².